The third kappa shape index (κ3) is 5.67. The highest BCUT2D eigenvalue weighted by atomic mass is 16.6. The van der Waals surface area contributed by atoms with Gasteiger partial charge in [-0.3, -0.25) is 9.59 Å². The Labute approximate surface area is 191 Å². The van der Waals surface area contributed by atoms with E-state index >= 15 is 0 Å². The number of aliphatic hydroxyl groups is 1. The maximum absolute atomic E-state index is 12.1. The number of nitrogens with zero attached hydrogens (tertiary/aromatic N) is 5. The first-order chi connectivity index (χ1) is 15.8. The van der Waals surface area contributed by atoms with Gasteiger partial charge in [0.05, 0.1) is 18.8 Å². The van der Waals surface area contributed by atoms with Crippen LogP contribution in [0.2, 0.25) is 0 Å². The topological polar surface area (TPSA) is 144 Å². The molecule has 1 atom stereocenters. The summed E-state index contributed by atoms with van der Waals surface area (Å²) in [6.45, 7) is 2.93. The lowest BCUT2D eigenvalue weighted by Gasteiger charge is -2.26. The summed E-state index contributed by atoms with van der Waals surface area (Å²) in [4.78, 5) is 42.0. The quantitative estimate of drug-likeness (QED) is 0.445. The van der Waals surface area contributed by atoms with Gasteiger partial charge in [-0.2, -0.15) is 5.10 Å². The van der Waals surface area contributed by atoms with E-state index in [0.717, 1.165) is 5.69 Å². The number of aromatic nitrogens is 3. The van der Waals surface area contributed by atoms with Crippen molar-refractivity contribution in [2.45, 2.75) is 32.4 Å². The molecule has 3 rings (SSSR count). The number of nitrogens with two attached hydrogens (primary N) is 1. The average molecular weight is 454 g/mol. The van der Waals surface area contributed by atoms with Gasteiger partial charge in [-0.25, -0.2) is 14.5 Å². The van der Waals surface area contributed by atoms with E-state index < -0.39 is 18.1 Å². The molecule has 1 aliphatic heterocycles. The molecular weight excluding hydrogens is 428 g/mol. The fraction of sp³-hybridized carbons (Fsp3) is 0.409. The first-order valence-corrected chi connectivity index (χ1v) is 10.5. The molecule has 2 aromatic rings. The SMILES string of the molecule is CCOC(=O)N1CCc2c(c(C(N)=O)nn2-c2cc(C#C[C@H](O)CCN(C)C=O)ccn2)C1. The molecule has 33 heavy (non-hydrogen) atoms. The Bertz CT molecular complexity index is 1100. The maximum atomic E-state index is 12.1. The molecule has 0 radical (unpaired) electrons. The minimum atomic E-state index is -0.892. The van der Waals surface area contributed by atoms with E-state index in [4.69, 9.17) is 10.5 Å². The lowest BCUT2D eigenvalue weighted by molar-refractivity contribution is -0.117. The van der Waals surface area contributed by atoms with E-state index in [1.54, 1.807) is 37.0 Å². The summed E-state index contributed by atoms with van der Waals surface area (Å²) in [6, 6.07) is 3.38. The van der Waals surface area contributed by atoms with Crippen LogP contribution in [-0.2, 0) is 22.5 Å². The molecule has 3 amide bonds. The molecule has 1 aliphatic rings. The fourth-order valence-corrected chi connectivity index (χ4v) is 3.41. The largest absolute Gasteiger partial charge is 0.450 e. The van der Waals surface area contributed by atoms with Crippen LogP contribution in [0.15, 0.2) is 18.3 Å². The highest BCUT2D eigenvalue weighted by molar-refractivity contribution is 5.93. The minimum absolute atomic E-state index is 0.0759. The van der Waals surface area contributed by atoms with E-state index in [2.05, 4.69) is 21.9 Å². The molecule has 11 heteroatoms. The molecule has 11 nitrogen and oxygen atoms in total. The average Bonchev–Trinajstić information content (AvgIpc) is 3.20. The summed E-state index contributed by atoms with van der Waals surface area (Å²) in [6.07, 6.45) is 1.65. The highest BCUT2D eigenvalue weighted by Crippen LogP contribution is 2.25. The third-order valence-electron chi connectivity index (χ3n) is 5.10. The van der Waals surface area contributed by atoms with Crippen LogP contribution in [0, 0.1) is 11.8 Å². The molecule has 0 unspecified atom stereocenters. The Morgan fingerprint density at radius 3 is 2.94 bits per heavy atom. The molecule has 3 N–H and O–H groups in total. The van der Waals surface area contributed by atoms with Crippen LogP contribution in [0.3, 0.4) is 0 Å². The van der Waals surface area contributed by atoms with Gasteiger partial charge in [-0.1, -0.05) is 11.8 Å². The second kappa shape index (κ2) is 10.6. The van der Waals surface area contributed by atoms with Gasteiger partial charge in [0, 0.05) is 50.3 Å². The van der Waals surface area contributed by atoms with Gasteiger partial charge in [0.2, 0.25) is 6.41 Å². The number of fused-ring (bicyclic) bond motifs is 1. The molecule has 0 saturated heterocycles. The second-order valence-electron chi connectivity index (χ2n) is 7.48. The first-order valence-electron chi connectivity index (χ1n) is 10.5. The number of primary amides is 1. The van der Waals surface area contributed by atoms with Gasteiger partial charge in [-0.05, 0) is 19.1 Å². The molecule has 2 aromatic heterocycles. The van der Waals surface area contributed by atoms with Gasteiger partial charge < -0.3 is 25.4 Å². The number of ether oxygens (including phenoxy) is 1. The van der Waals surface area contributed by atoms with Crippen molar-refractivity contribution in [2.24, 2.45) is 5.73 Å². The van der Waals surface area contributed by atoms with Gasteiger partial charge in [0.1, 0.15) is 6.10 Å². The number of rotatable bonds is 7. The number of carbonyl (C=O) groups excluding carboxylic acids is 3. The predicted octanol–water partition coefficient (Wildman–Crippen LogP) is 0.0715. The Morgan fingerprint density at radius 1 is 1.45 bits per heavy atom. The summed E-state index contributed by atoms with van der Waals surface area (Å²) < 4.78 is 6.60. The van der Waals surface area contributed by atoms with E-state index in [9.17, 15) is 19.5 Å². The third-order valence-corrected chi connectivity index (χ3v) is 5.10. The van der Waals surface area contributed by atoms with Gasteiger partial charge in [0.15, 0.2) is 11.5 Å². The molecule has 0 fully saturated rings. The number of aliphatic hydroxyl groups excluding tert-OH is 1. The zero-order valence-corrected chi connectivity index (χ0v) is 18.5. The molecule has 174 valence electrons. The Morgan fingerprint density at radius 2 is 2.24 bits per heavy atom. The lowest BCUT2D eigenvalue weighted by atomic mass is 10.1. The van der Waals surface area contributed by atoms with Crippen molar-refractivity contribution in [3.63, 3.8) is 0 Å². The molecule has 0 saturated carbocycles. The van der Waals surface area contributed by atoms with Gasteiger partial charge in [0.25, 0.3) is 5.91 Å². The van der Waals surface area contributed by atoms with Crippen LogP contribution in [-0.4, -0.2) is 80.9 Å². The molecule has 3 heterocycles. The summed E-state index contributed by atoms with van der Waals surface area (Å²) in [5.74, 6) is 5.38. The van der Waals surface area contributed by atoms with E-state index in [0.29, 0.717) is 49.3 Å². The lowest BCUT2D eigenvalue weighted by Crippen LogP contribution is -2.37. The number of carbonyl (C=O) groups is 3. The van der Waals surface area contributed by atoms with Crippen molar-refractivity contribution in [2.75, 3.05) is 26.7 Å². The second-order valence-corrected chi connectivity index (χ2v) is 7.48. The van der Waals surface area contributed by atoms with Crippen molar-refractivity contribution >= 4 is 18.4 Å². The Kier molecular flexibility index (Phi) is 7.63. The molecule has 0 spiro atoms. The van der Waals surface area contributed by atoms with Crippen LogP contribution in [0.1, 0.15) is 40.7 Å². The van der Waals surface area contributed by atoms with E-state index in [-0.39, 0.29) is 18.8 Å². The van der Waals surface area contributed by atoms with Crippen LogP contribution in [0.5, 0.6) is 0 Å². The Hall–Kier alpha value is -3.91. The van der Waals surface area contributed by atoms with E-state index in [1.165, 1.54) is 9.80 Å². The number of hydrogen-bond acceptors (Lipinski definition) is 7. The molecular formula is C22H26N6O5. The normalized spacial score (nSPS) is 13.4. The van der Waals surface area contributed by atoms with Crippen LogP contribution in [0.25, 0.3) is 5.82 Å². The van der Waals surface area contributed by atoms with Crippen LogP contribution < -0.4 is 5.73 Å². The number of amides is 3. The zero-order valence-electron chi connectivity index (χ0n) is 18.5. The molecule has 0 aliphatic carbocycles. The zero-order chi connectivity index (χ0) is 24.0. The standard InChI is InChI=1S/C22H26N6O5/c1-3-33-22(32)27-11-8-18-17(13-27)20(21(23)31)25-28(18)19-12-15(6-9-24-19)4-5-16(30)7-10-26(2)14-29/h6,9,12,14,16,30H,3,7-8,10-11,13H2,1-2H3,(H2,23,31)/t16-/m0/s1. The molecule has 0 bridgehead atoms. The number of pyridine rings is 1. The monoisotopic (exact) mass is 454 g/mol. The van der Waals surface area contributed by atoms with Gasteiger partial charge in [-0.15, -0.1) is 0 Å². The van der Waals surface area contributed by atoms with Gasteiger partial charge >= 0.3 is 6.09 Å². The summed E-state index contributed by atoms with van der Waals surface area (Å²) in [7, 11) is 1.62. The summed E-state index contributed by atoms with van der Waals surface area (Å²) in [5.41, 5.74) is 7.50. The maximum Gasteiger partial charge on any atom is 0.410 e. The van der Waals surface area contributed by atoms with Crippen LogP contribution >= 0.6 is 0 Å². The van der Waals surface area contributed by atoms with Crippen molar-refractivity contribution in [1.82, 2.24) is 24.6 Å². The smallest absolute Gasteiger partial charge is 0.410 e. The van der Waals surface area contributed by atoms with Crippen molar-refractivity contribution in [3.05, 3.63) is 40.8 Å². The fourth-order valence-electron chi connectivity index (χ4n) is 3.41. The predicted molar refractivity (Wildman–Crippen MR) is 117 cm³/mol. The number of hydrogen-bond donors (Lipinski definition) is 2. The van der Waals surface area contributed by atoms with E-state index in [1.807, 2.05) is 0 Å². The summed E-state index contributed by atoms with van der Waals surface area (Å²) in [5, 5.41) is 14.4. The van der Waals surface area contributed by atoms with Crippen molar-refractivity contribution in [1.29, 1.82) is 0 Å². The van der Waals surface area contributed by atoms with Crippen molar-refractivity contribution in [3.8, 4) is 17.7 Å². The molecule has 0 aromatic carbocycles. The van der Waals surface area contributed by atoms with Crippen molar-refractivity contribution < 1.29 is 24.2 Å². The minimum Gasteiger partial charge on any atom is -0.450 e. The Balaban J connectivity index is 1.86. The van der Waals surface area contributed by atoms with Crippen LogP contribution in [0.4, 0.5) is 4.79 Å². The first kappa shape index (κ1) is 23.7. The summed E-state index contributed by atoms with van der Waals surface area (Å²) >= 11 is 0. The highest BCUT2D eigenvalue weighted by Gasteiger charge is 2.30.